The molecule has 2 fully saturated rings. The lowest BCUT2D eigenvalue weighted by Gasteiger charge is -2.16. The molecule has 0 aromatic heterocycles. The summed E-state index contributed by atoms with van der Waals surface area (Å²) < 4.78 is 16.9. The SMILES string of the molecule is O=C(CCCCC1SCC2NC(=O)NC21)NCCOCCOCCOc1cccc2cc(CO)c(O)cc12. The van der Waals surface area contributed by atoms with Gasteiger partial charge in [-0.1, -0.05) is 18.6 Å². The largest absolute Gasteiger partial charge is 0.508 e. The highest BCUT2D eigenvalue weighted by atomic mass is 32.2. The van der Waals surface area contributed by atoms with Gasteiger partial charge in [-0.25, -0.2) is 4.79 Å². The van der Waals surface area contributed by atoms with Crippen molar-refractivity contribution in [3.8, 4) is 11.5 Å². The number of hydrogen-bond donors (Lipinski definition) is 5. The lowest BCUT2D eigenvalue weighted by molar-refractivity contribution is -0.121. The monoisotopic (exact) mass is 547 g/mol. The molecule has 0 spiro atoms. The number of urea groups is 1. The Morgan fingerprint density at radius 3 is 2.74 bits per heavy atom. The van der Waals surface area contributed by atoms with Crippen molar-refractivity contribution in [2.45, 2.75) is 49.6 Å². The minimum absolute atomic E-state index is 0.0316. The highest BCUT2D eigenvalue weighted by molar-refractivity contribution is 8.00. The predicted molar refractivity (Wildman–Crippen MR) is 146 cm³/mol. The number of carbonyl (C=O) groups excluding carboxylic acids is 2. The summed E-state index contributed by atoms with van der Waals surface area (Å²) in [5, 5.41) is 30.2. The molecule has 2 aromatic rings. The van der Waals surface area contributed by atoms with Crippen LogP contribution in [-0.2, 0) is 20.9 Å². The minimum atomic E-state index is -0.225. The van der Waals surface area contributed by atoms with Crippen LogP contribution in [0.25, 0.3) is 10.8 Å². The molecule has 11 heteroatoms. The van der Waals surface area contributed by atoms with Crippen LogP contribution in [0.2, 0.25) is 0 Å². The summed E-state index contributed by atoms with van der Waals surface area (Å²) in [7, 11) is 0. The third-order valence-corrected chi connectivity index (χ3v) is 8.23. The van der Waals surface area contributed by atoms with Crippen molar-refractivity contribution in [1.82, 2.24) is 16.0 Å². The van der Waals surface area contributed by atoms with Crippen molar-refractivity contribution in [3.05, 3.63) is 35.9 Å². The second kappa shape index (κ2) is 14.4. The Balaban J connectivity index is 0.976. The fourth-order valence-corrected chi connectivity index (χ4v) is 6.29. The zero-order chi connectivity index (χ0) is 26.7. The van der Waals surface area contributed by atoms with Gasteiger partial charge in [-0.05, 0) is 36.4 Å². The molecular weight excluding hydrogens is 510 g/mol. The standard InChI is InChI=1S/C27H37N3O7S/c31-16-19-14-18-4-3-5-23(20(18)15-22(19)32)37-13-12-36-11-10-35-9-8-28-25(33)7-2-1-6-24-26-21(17-38-24)29-27(34)30-26/h3-5,14-15,21,24,26,31-32H,1-2,6-13,16-17H2,(H,28,33)(H2,29,30,34). The van der Waals surface area contributed by atoms with Crippen LogP contribution in [-0.4, -0.2) is 84.8 Å². The van der Waals surface area contributed by atoms with E-state index in [4.69, 9.17) is 14.2 Å². The smallest absolute Gasteiger partial charge is 0.315 e. The van der Waals surface area contributed by atoms with E-state index in [0.29, 0.717) is 62.6 Å². The van der Waals surface area contributed by atoms with Crippen LogP contribution in [0.5, 0.6) is 11.5 Å². The molecule has 0 bridgehead atoms. The number of benzene rings is 2. The van der Waals surface area contributed by atoms with Crippen molar-refractivity contribution in [2.24, 2.45) is 0 Å². The number of fused-ring (bicyclic) bond motifs is 2. The average molecular weight is 548 g/mol. The first-order valence-electron chi connectivity index (χ1n) is 13.1. The number of aromatic hydroxyl groups is 1. The lowest BCUT2D eigenvalue weighted by Crippen LogP contribution is -2.36. The molecule has 5 N–H and O–H groups in total. The van der Waals surface area contributed by atoms with Gasteiger partial charge in [0.2, 0.25) is 5.91 Å². The van der Waals surface area contributed by atoms with E-state index >= 15 is 0 Å². The van der Waals surface area contributed by atoms with Crippen LogP contribution in [0.15, 0.2) is 30.3 Å². The van der Waals surface area contributed by atoms with Crippen LogP contribution in [0.4, 0.5) is 4.79 Å². The van der Waals surface area contributed by atoms with Gasteiger partial charge in [-0.2, -0.15) is 11.8 Å². The predicted octanol–water partition coefficient (Wildman–Crippen LogP) is 2.29. The van der Waals surface area contributed by atoms with Gasteiger partial charge in [-0.3, -0.25) is 4.79 Å². The van der Waals surface area contributed by atoms with Crippen LogP contribution in [0.1, 0.15) is 31.2 Å². The Bertz CT molecular complexity index is 1090. The molecule has 2 saturated heterocycles. The van der Waals surface area contributed by atoms with Crippen LogP contribution < -0.4 is 20.7 Å². The van der Waals surface area contributed by atoms with Gasteiger partial charge in [0, 0.05) is 34.9 Å². The maximum atomic E-state index is 12.0. The van der Waals surface area contributed by atoms with Crippen LogP contribution >= 0.6 is 11.8 Å². The van der Waals surface area contributed by atoms with Gasteiger partial charge in [0.15, 0.2) is 0 Å². The second-order valence-electron chi connectivity index (χ2n) is 9.41. The summed E-state index contributed by atoms with van der Waals surface area (Å²) in [5.74, 6) is 1.67. The van der Waals surface area contributed by atoms with Crippen molar-refractivity contribution in [1.29, 1.82) is 0 Å². The van der Waals surface area contributed by atoms with E-state index in [-0.39, 0.29) is 36.4 Å². The van der Waals surface area contributed by atoms with Gasteiger partial charge in [0.1, 0.15) is 18.1 Å². The number of unbranched alkanes of at least 4 members (excludes halogenated alkanes) is 1. The first-order chi connectivity index (χ1) is 18.5. The third-order valence-electron chi connectivity index (χ3n) is 6.72. The Labute approximate surface area is 226 Å². The Morgan fingerprint density at radius 2 is 1.89 bits per heavy atom. The Hall–Kier alpha value is -2.73. The number of ether oxygens (including phenoxy) is 3. The molecule has 0 saturated carbocycles. The molecule has 3 unspecified atom stereocenters. The van der Waals surface area contributed by atoms with E-state index in [1.807, 2.05) is 30.0 Å². The molecule has 208 valence electrons. The molecule has 10 nitrogen and oxygen atoms in total. The van der Waals surface area contributed by atoms with E-state index in [9.17, 15) is 19.8 Å². The first-order valence-corrected chi connectivity index (χ1v) is 14.2. The fraction of sp³-hybridized carbons (Fsp3) is 0.556. The number of hydrogen-bond acceptors (Lipinski definition) is 8. The molecule has 0 aliphatic carbocycles. The fourth-order valence-electron chi connectivity index (χ4n) is 4.74. The Morgan fingerprint density at radius 1 is 1.08 bits per heavy atom. The summed E-state index contributed by atoms with van der Waals surface area (Å²) in [5.41, 5.74) is 0.476. The van der Waals surface area contributed by atoms with E-state index < -0.39 is 0 Å². The number of aliphatic hydroxyl groups excluding tert-OH is 1. The zero-order valence-electron chi connectivity index (χ0n) is 21.4. The van der Waals surface area contributed by atoms with E-state index in [0.717, 1.165) is 35.8 Å². The number of nitrogens with one attached hydrogen (secondary N) is 3. The van der Waals surface area contributed by atoms with E-state index in [1.54, 1.807) is 12.1 Å². The van der Waals surface area contributed by atoms with Crippen LogP contribution in [0, 0.1) is 0 Å². The number of phenols is 1. The highest BCUT2D eigenvalue weighted by Crippen LogP contribution is 2.33. The quantitative estimate of drug-likeness (QED) is 0.159. The van der Waals surface area contributed by atoms with Gasteiger partial charge in [0.25, 0.3) is 0 Å². The van der Waals surface area contributed by atoms with Gasteiger partial charge >= 0.3 is 6.03 Å². The van der Waals surface area contributed by atoms with Crippen LogP contribution in [0.3, 0.4) is 0 Å². The summed E-state index contributed by atoms with van der Waals surface area (Å²) in [4.78, 5) is 23.5. The van der Waals surface area contributed by atoms with Crippen molar-refractivity contribution in [2.75, 3.05) is 45.3 Å². The summed E-state index contributed by atoms with van der Waals surface area (Å²) in [6.45, 7) is 2.25. The number of thioether (sulfide) groups is 1. The molecule has 3 atom stereocenters. The normalized spacial score (nSPS) is 20.2. The lowest BCUT2D eigenvalue weighted by atomic mass is 10.0. The van der Waals surface area contributed by atoms with Gasteiger partial charge in [0.05, 0.1) is 45.1 Å². The number of aliphatic hydroxyl groups is 1. The summed E-state index contributed by atoms with van der Waals surface area (Å²) >= 11 is 1.90. The molecule has 4 rings (SSSR count). The van der Waals surface area contributed by atoms with Crippen molar-refractivity contribution < 1.29 is 34.0 Å². The second-order valence-corrected chi connectivity index (χ2v) is 10.7. The molecule has 2 aliphatic heterocycles. The molecule has 38 heavy (non-hydrogen) atoms. The third kappa shape index (κ3) is 7.89. The Kier molecular flexibility index (Phi) is 10.7. The van der Waals surface area contributed by atoms with E-state index in [1.165, 1.54) is 0 Å². The number of rotatable bonds is 16. The van der Waals surface area contributed by atoms with Crippen molar-refractivity contribution >= 4 is 34.5 Å². The molecule has 2 heterocycles. The minimum Gasteiger partial charge on any atom is -0.508 e. The van der Waals surface area contributed by atoms with Gasteiger partial charge in [-0.15, -0.1) is 0 Å². The summed E-state index contributed by atoms with van der Waals surface area (Å²) in [6, 6.07) is 9.34. The summed E-state index contributed by atoms with van der Waals surface area (Å²) in [6.07, 6.45) is 3.31. The first kappa shape index (κ1) is 28.3. The molecule has 2 aromatic carbocycles. The number of carbonyl (C=O) groups is 2. The maximum Gasteiger partial charge on any atom is 0.315 e. The van der Waals surface area contributed by atoms with E-state index in [2.05, 4.69) is 16.0 Å². The average Bonchev–Trinajstić information content (AvgIpc) is 3.46. The van der Waals surface area contributed by atoms with Gasteiger partial charge < -0.3 is 40.4 Å². The topological polar surface area (TPSA) is 138 Å². The highest BCUT2D eigenvalue weighted by Gasteiger charge is 2.42. The molecule has 2 aliphatic rings. The van der Waals surface area contributed by atoms with Crippen molar-refractivity contribution in [3.63, 3.8) is 0 Å². The maximum absolute atomic E-state index is 12.0. The number of amides is 3. The molecular formula is C27H37N3O7S. The zero-order valence-corrected chi connectivity index (χ0v) is 22.3. The molecule has 0 radical (unpaired) electrons. The molecule has 3 amide bonds.